The lowest BCUT2D eigenvalue weighted by Gasteiger charge is -2.19. The molecule has 2 N–H and O–H groups in total. The van der Waals surface area contributed by atoms with Gasteiger partial charge in [-0.3, -0.25) is 9.69 Å². The first-order valence-corrected chi connectivity index (χ1v) is 8.08. The molecule has 25 heavy (non-hydrogen) atoms. The van der Waals surface area contributed by atoms with Gasteiger partial charge in [-0.1, -0.05) is 0 Å². The number of carbonyl (C=O) groups excluding carboxylic acids is 3. The van der Waals surface area contributed by atoms with Crippen molar-refractivity contribution in [2.75, 3.05) is 52.3 Å². The lowest BCUT2D eigenvalue weighted by atomic mass is 10.1. The SMILES string of the molecule is COC(=O)c1cc(NC(=O)CN2CCCNCC2)cc(C(=O)OC)c1. The van der Waals surface area contributed by atoms with Gasteiger partial charge in [0.15, 0.2) is 0 Å². The molecule has 0 radical (unpaired) electrons. The molecular formula is C17H23N3O5. The van der Waals surface area contributed by atoms with Gasteiger partial charge in [-0.25, -0.2) is 9.59 Å². The predicted molar refractivity (Wildman–Crippen MR) is 91.7 cm³/mol. The van der Waals surface area contributed by atoms with Crippen molar-refractivity contribution in [3.05, 3.63) is 29.3 Å². The fourth-order valence-corrected chi connectivity index (χ4v) is 2.63. The molecule has 8 heteroatoms. The molecule has 1 aliphatic heterocycles. The topological polar surface area (TPSA) is 97.0 Å². The highest BCUT2D eigenvalue weighted by molar-refractivity contribution is 5.99. The van der Waals surface area contributed by atoms with Gasteiger partial charge in [0, 0.05) is 18.8 Å². The van der Waals surface area contributed by atoms with Crippen LogP contribution in [0.4, 0.5) is 5.69 Å². The van der Waals surface area contributed by atoms with Gasteiger partial charge in [0.2, 0.25) is 5.91 Å². The van der Waals surface area contributed by atoms with Gasteiger partial charge < -0.3 is 20.1 Å². The number of anilines is 1. The summed E-state index contributed by atoms with van der Waals surface area (Å²) in [5, 5.41) is 6.01. The van der Waals surface area contributed by atoms with Crippen LogP contribution in [0, 0.1) is 0 Å². The number of amides is 1. The third kappa shape index (κ3) is 5.54. The molecule has 0 spiro atoms. The van der Waals surface area contributed by atoms with Gasteiger partial charge >= 0.3 is 11.9 Å². The van der Waals surface area contributed by atoms with Gasteiger partial charge in [-0.2, -0.15) is 0 Å². The van der Waals surface area contributed by atoms with E-state index in [9.17, 15) is 14.4 Å². The summed E-state index contributed by atoms with van der Waals surface area (Å²) in [6.45, 7) is 3.68. The molecule has 0 bridgehead atoms. The summed E-state index contributed by atoms with van der Waals surface area (Å²) in [6, 6.07) is 4.31. The van der Waals surface area contributed by atoms with Crippen molar-refractivity contribution < 1.29 is 23.9 Å². The summed E-state index contributed by atoms with van der Waals surface area (Å²) in [6.07, 6.45) is 0.984. The second-order valence-electron chi connectivity index (χ2n) is 5.71. The lowest BCUT2D eigenvalue weighted by Crippen LogP contribution is -2.35. The minimum Gasteiger partial charge on any atom is -0.465 e. The van der Waals surface area contributed by atoms with Crippen molar-refractivity contribution in [2.24, 2.45) is 0 Å². The number of rotatable bonds is 5. The van der Waals surface area contributed by atoms with Crippen molar-refractivity contribution in [3.63, 3.8) is 0 Å². The maximum absolute atomic E-state index is 12.3. The molecule has 1 aromatic carbocycles. The first kappa shape index (κ1) is 18.9. The van der Waals surface area contributed by atoms with Crippen molar-refractivity contribution in [2.45, 2.75) is 6.42 Å². The quantitative estimate of drug-likeness (QED) is 0.747. The largest absolute Gasteiger partial charge is 0.465 e. The maximum atomic E-state index is 12.3. The van der Waals surface area contributed by atoms with E-state index in [1.54, 1.807) is 0 Å². The number of benzene rings is 1. The average molecular weight is 349 g/mol. The van der Waals surface area contributed by atoms with E-state index in [0.717, 1.165) is 32.6 Å². The van der Waals surface area contributed by atoms with Crippen molar-refractivity contribution >= 4 is 23.5 Å². The van der Waals surface area contributed by atoms with Gasteiger partial charge in [0.1, 0.15) is 0 Å². The third-order valence-electron chi connectivity index (χ3n) is 3.86. The van der Waals surface area contributed by atoms with Crippen LogP contribution in [0.2, 0.25) is 0 Å². The van der Waals surface area contributed by atoms with Crippen LogP contribution in [0.25, 0.3) is 0 Å². The predicted octanol–water partition coefficient (Wildman–Crippen LogP) is 0.494. The molecule has 0 atom stereocenters. The van der Waals surface area contributed by atoms with Gasteiger partial charge in [0.05, 0.1) is 31.9 Å². The molecule has 1 aromatic rings. The van der Waals surface area contributed by atoms with Crippen LogP contribution in [-0.4, -0.2) is 69.7 Å². The first-order chi connectivity index (χ1) is 12.0. The molecule has 1 fully saturated rings. The Morgan fingerprint density at radius 1 is 1.04 bits per heavy atom. The van der Waals surface area contributed by atoms with Crippen LogP contribution in [0.1, 0.15) is 27.1 Å². The first-order valence-electron chi connectivity index (χ1n) is 8.08. The van der Waals surface area contributed by atoms with Crippen LogP contribution in [0.3, 0.4) is 0 Å². The minimum absolute atomic E-state index is 0.166. The molecule has 1 aliphatic rings. The van der Waals surface area contributed by atoms with Crippen LogP contribution >= 0.6 is 0 Å². The Bertz CT molecular complexity index is 605. The molecule has 136 valence electrons. The number of hydrogen-bond donors (Lipinski definition) is 2. The summed E-state index contributed by atoms with van der Waals surface area (Å²) in [7, 11) is 2.50. The van der Waals surface area contributed by atoms with E-state index >= 15 is 0 Å². The van der Waals surface area contributed by atoms with E-state index in [2.05, 4.69) is 25.0 Å². The molecule has 0 saturated carbocycles. The van der Waals surface area contributed by atoms with Crippen molar-refractivity contribution in [1.29, 1.82) is 0 Å². The molecule has 8 nitrogen and oxygen atoms in total. The molecular weight excluding hydrogens is 326 g/mol. The normalized spacial score (nSPS) is 15.1. The minimum atomic E-state index is -0.597. The smallest absolute Gasteiger partial charge is 0.337 e. The number of nitrogens with zero attached hydrogens (tertiary/aromatic N) is 1. The van der Waals surface area contributed by atoms with E-state index < -0.39 is 11.9 Å². The zero-order valence-electron chi connectivity index (χ0n) is 14.5. The molecule has 2 rings (SSSR count). The lowest BCUT2D eigenvalue weighted by molar-refractivity contribution is -0.117. The Morgan fingerprint density at radius 3 is 2.28 bits per heavy atom. The third-order valence-corrected chi connectivity index (χ3v) is 3.86. The second kappa shape index (κ2) is 9.14. The molecule has 1 amide bonds. The van der Waals surface area contributed by atoms with Crippen LogP contribution in [-0.2, 0) is 14.3 Å². The Kier molecular flexibility index (Phi) is 6.91. The molecule has 0 aliphatic carbocycles. The van der Waals surface area contributed by atoms with E-state index in [1.807, 2.05) is 0 Å². The van der Waals surface area contributed by atoms with Crippen molar-refractivity contribution in [3.8, 4) is 0 Å². The number of hydrogen-bond acceptors (Lipinski definition) is 7. The highest BCUT2D eigenvalue weighted by Crippen LogP contribution is 2.17. The molecule has 0 aromatic heterocycles. The summed E-state index contributed by atoms with van der Waals surface area (Å²) >= 11 is 0. The van der Waals surface area contributed by atoms with Gasteiger partial charge in [0.25, 0.3) is 0 Å². The monoisotopic (exact) mass is 349 g/mol. The molecule has 1 heterocycles. The summed E-state index contributed by atoms with van der Waals surface area (Å²) in [4.78, 5) is 37.9. The maximum Gasteiger partial charge on any atom is 0.337 e. The van der Waals surface area contributed by atoms with Crippen LogP contribution < -0.4 is 10.6 Å². The van der Waals surface area contributed by atoms with Crippen molar-refractivity contribution in [1.82, 2.24) is 10.2 Å². The zero-order valence-corrected chi connectivity index (χ0v) is 14.5. The standard InChI is InChI=1S/C17H23N3O5/c1-24-16(22)12-8-13(17(23)25-2)10-14(9-12)19-15(21)11-20-6-3-4-18-5-7-20/h8-10,18H,3-7,11H2,1-2H3,(H,19,21). The Morgan fingerprint density at radius 2 is 1.68 bits per heavy atom. The fourth-order valence-electron chi connectivity index (χ4n) is 2.63. The van der Waals surface area contributed by atoms with E-state index in [-0.39, 0.29) is 23.6 Å². The fraction of sp³-hybridized carbons (Fsp3) is 0.471. The Balaban J connectivity index is 2.12. The highest BCUT2D eigenvalue weighted by atomic mass is 16.5. The van der Waals surface area contributed by atoms with E-state index in [0.29, 0.717) is 5.69 Å². The Hall–Kier alpha value is -2.45. The highest BCUT2D eigenvalue weighted by Gasteiger charge is 2.16. The number of methoxy groups -OCH3 is 2. The molecule has 1 saturated heterocycles. The number of esters is 2. The zero-order chi connectivity index (χ0) is 18.2. The van der Waals surface area contributed by atoms with Crippen LogP contribution in [0.5, 0.6) is 0 Å². The van der Waals surface area contributed by atoms with Gasteiger partial charge in [-0.15, -0.1) is 0 Å². The van der Waals surface area contributed by atoms with E-state index in [4.69, 9.17) is 0 Å². The van der Waals surface area contributed by atoms with Gasteiger partial charge in [-0.05, 0) is 37.7 Å². The Labute approximate surface area is 146 Å². The number of ether oxygens (including phenoxy) is 2. The average Bonchev–Trinajstić information content (AvgIpc) is 2.88. The second-order valence-corrected chi connectivity index (χ2v) is 5.71. The molecule has 0 unspecified atom stereocenters. The van der Waals surface area contributed by atoms with Crippen LogP contribution in [0.15, 0.2) is 18.2 Å². The van der Waals surface area contributed by atoms with E-state index in [1.165, 1.54) is 32.4 Å². The number of nitrogens with one attached hydrogen (secondary N) is 2. The summed E-state index contributed by atoms with van der Waals surface area (Å²) < 4.78 is 9.36. The number of carbonyl (C=O) groups is 3. The summed E-state index contributed by atoms with van der Waals surface area (Å²) in [5.41, 5.74) is 0.681. The summed E-state index contributed by atoms with van der Waals surface area (Å²) in [5.74, 6) is -1.40.